The van der Waals surface area contributed by atoms with Gasteiger partial charge in [0.25, 0.3) is 0 Å². The highest BCUT2D eigenvalue weighted by molar-refractivity contribution is 5.79. The predicted molar refractivity (Wildman–Crippen MR) is 66.9 cm³/mol. The molecule has 94 valence electrons. The Balaban J connectivity index is 2.40. The highest BCUT2D eigenvalue weighted by Gasteiger charge is 2.01. The number of amidine groups is 1. The first-order valence-corrected chi connectivity index (χ1v) is 5.50. The van der Waals surface area contributed by atoms with Crippen molar-refractivity contribution in [2.75, 3.05) is 13.7 Å². The molecular formula is C12H19N3O2. The summed E-state index contributed by atoms with van der Waals surface area (Å²) in [6.07, 6.45) is 0.531. The Kier molecular flexibility index (Phi) is 6.06. The molecule has 0 saturated heterocycles. The molecule has 0 radical (unpaired) electrons. The van der Waals surface area contributed by atoms with Crippen LogP contribution < -0.4 is 11.1 Å². The summed E-state index contributed by atoms with van der Waals surface area (Å²) in [5.41, 5.74) is 7.75. The Morgan fingerprint density at radius 3 is 2.76 bits per heavy atom. The van der Waals surface area contributed by atoms with E-state index in [1.165, 1.54) is 11.1 Å². The van der Waals surface area contributed by atoms with Crippen molar-refractivity contribution < 1.29 is 9.94 Å². The molecule has 0 unspecified atom stereocenters. The van der Waals surface area contributed by atoms with Crippen molar-refractivity contribution in [2.45, 2.75) is 19.6 Å². The minimum Gasteiger partial charge on any atom is -0.409 e. The first kappa shape index (κ1) is 13.5. The quantitative estimate of drug-likeness (QED) is 0.218. The number of nitrogens with one attached hydrogen (secondary N) is 1. The summed E-state index contributed by atoms with van der Waals surface area (Å²) in [5, 5.41) is 14.5. The van der Waals surface area contributed by atoms with Crippen LogP contribution in [0.4, 0.5) is 0 Å². The molecule has 5 heteroatoms. The first-order chi connectivity index (χ1) is 8.27. The molecule has 0 bridgehead atoms. The van der Waals surface area contributed by atoms with Crippen molar-refractivity contribution in [3.05, 3.63) is 35.4 Å². The van der Waals surface area contributed by atoms with Gasteiger partial charge in [0, 0.05) is 26.6 Å². The van der Waals surface area contributed by atoms with Crippen molar-refractivity contribution in [3.63, 3.8) is 0 Å². The van der Waals surface area contributed by atoms with E-state index in [0.717, 1.165) is 6.54 Å². The highest BCUT2D eigenvalue weighted by atomic mass is 16.5. The topological polar surface area (TPSA) is 79.9 Å². The van der Waals surface area contributed by atoms with E-state index in [1.807, 2.05) is 18.2 Å². The molecule has 17 heavy (non-hydrogen) atoms. The van der Waals surface area contributed by atoms with Crippen molar-refractivity contribution >= 4 is 5.84 Å². The molecule has 0 fully saturated rings. The third kappa shape index (κ3) is 4.84. The monoisotopic (exact) mass is 237 g/mol. The zero-order valence-electron chi connectivity index (χ0n) is 10.0. The lowest BCUT2D eigenvalue weighted by Gasteiger charge is -2.09. The van der Waals surface area contributed by atoms with E-state index in [1.54, 1.807) is 7.11 Å². The lowest BCUT2D eigenvalue weighted by Crippen LogP contribution is -2.22. The molecule has 0 aromatic heterocycles. The lowest BCUT2D eigenvalue weighted by molar-refractivity contribution is 0.184. The molecule has 1 aromatic rings. The van der Waals surface area contributed by atoms with Gasteiger partial charge in [-0.15, -0.1) is 0 Å². The van der Waals surface area contributed by atoms with Crippen LogP contribution in [-0.2, 0) is 17.9 Å². The van der Waals surface area contributed by atoms with Crippen LogP contribution in [-0.4, -0.2) is 24.7 Å². The summed E-state index contributed by atoms with van der Waals surface area (Å²) < 4.78 is 5.13. The molecule has 0 aliphatic carbocycles. The van der Waals surface area contributed by atoms with Gasteiger partial charge in [-0.05, 0) is 11.1 Å². The fraction of sp³-hybridized carbons (Fsp3) is 0.417. The van der Waals surface area contributed by atoms with Crippen LogP contribution >= 0.6 is 0 Å². The van der Waals surface area contributed by atoms with Gasteiger partial charge in [0.1, 0.15) is 5.84 Å². The first-order valence-electron chi connectivity index (χ1n) is 5.50. The van der Waals surface area contributed by atoms with Crippen molar-refractivity contribution in [2.24, 2.45) is 10.9 Å². The molecule has 0 saturated carbocycles. The number of oxime groups is 1. The molecule has 0 atom stereocenters. The molecule has 0 spiro atoms. The summed E-state index contributed by atoms with van der Waals surface area (Å²) in [6, 6.07) is 8.10. The Labute approximate surface area is 101 Å². The number of hydrogen-bond donors (Lipinski definition) is 3. The summed E-state index contributed by atoms with van der Waals surface area (Å²) >= 11 is 0. The smallest absolute Gasteiger partial charge is 0.140 e. The number of hydrogen-bond acceptors (Lipinski definition) is 4. The molecule has 4 N–H and O–H groups in total. The van der Waals surface area contributed by atoms with E-state index >= 15 is 0 Å². The van der Waals surface area contributed by atoms with Crippen LogP contribution in [0.1, 0.15) is 17.5 Å². The average Bonchev–Trinajstić information content (AvgIpc) is 2.36. The largest absolute Gasteiger partial charge is 0.409 e. The maximum atomic E-state index is 8.38. The molecule has 0 aliphatic rings. The molecule has 0 amide bonds. The van der Waals surface area contributed by atoms with Gasteiger partial charge in [-0.3, -0.25) is 0 Å². The Hall–Kier alpha value is -1.59. The molecule has 0 aliphatic heterocycles. The van der Waals surface area contributed by atoms with E-state index < -0.39 is 0 Å². The van der Waals surface area contributed by atoms with Crippen LogP contribution in [0, 0.1) is 0 Å². The molecular weight excluding hydrogens is 218 g/mol. The van der Waals surface area contributed by atoms with Crippen LogP contribution in [0.25, 0.3) is 0 Å². The fourth-order valence-electron chi connectivity index (χ4n) is 1.52. The van der Waals surface area contributed by atoms with E-state index in [4.69, 9.17) is 15.7 Å². The number of benzene rings is 1. The van der Waals surface area contributed by atoms with Gasteiger partial charge >= 0.3 is 0 Å². The number of rotatable bonds is 7. The standard InChI is InChI=1S/C12H19N3O2/c1-17-9-11-5-3-2-4-10(11)8-14-7-6-12(13)15-16/h2-5,14,16H,6-9H2,1H3,(H2,13,15). The van der Waals surface area contributed by atoms with E-state index in [9.17, 15) is 0 Å². The van der Waals surface area contributed by atoms with Gasteiger partial charge < -0.3 is 21.0 Å². The summed E-state index contributed by atoms with van der Waals surface area (Å²) in [7, 11) is 1.68. The maximum absolute atomic E-state index is 8.38. The van der Waals surface area contributed by atoms with Crippen LogP contribution in [0.5, 0.6) is 0 Å². The maximum Gasteiger partial charge on any atom is 0.140 e. The molecule has 5 nitrogen and oxygen atoms in total. The third-order valence-electron chi connectivity index (χ3n) is 2.42. The normalized spacial score (nSPS) is 11.7. The van der Waals surface area contributed by atoms with Crippen molar-refractivity contribution in [1.82, 2.24) is 5.32 Å². The minimum atomic E-state index is 0.239. The van der Waals surface area contributed by atoms with Crippen LogP contribution in [0.2, 0.25) is 0 Å². The number of methoxy groups -OCH3 is 1. The van der Waals surface area contributed by atoms with Crippen LogP contribution in [0.15, 0.2) is 29.4 Å². The van der Waals surface area contributed by atoms with E-state index in [-0.39, 0.29) is 5.84 Å². The van der Waals surface area contributed by atoms with E-state index in [2.05, 4.69) is 16.5 Å². The minimum absolute atomic E-state index is 0.239. The second-order valence-electron chi connectivity index (χ2n) is 3.72. The van der Waals surface area contributed by atoms with Gasteiger partial charge in [-0.25, -0.2) is 0 Å². The highest BCUT2D eigenvalue weighted by Crippen LogP contribution is 2.09. The summed E-state index contributed by atoms with van der Waals surface area (Å²) in [4.78, 5) is 0. The van der Waals surface area contributed by atoms with Crippen molar-refractivity contribution in [1.29, 1.82) is 0 Å². The van der Waals surface area contributed by atoms with Crippen molar-refractivity contribution in [3.8, 4) is 0 Å². The summed E-state index contributed by atoms with van der Waals surface area (Å²) in [6.45, 7) is 2.04. The summed E-state index contributed by atoms with van der Waals surface area (Å²) in [5.74, 6) is 0.239. The SMILES string of the molecule is COCc1ccccc1CNCCC(N)=NO. The van der Waals surface area contributed by atoms with Gasteiger partial charge in [0.15, 0.2) is 0 Å². The number of nitrogens with two attached hydrogens (primary N) is 1. The molecule has 1 aromatic carbocycles. The zero-order chi connectivity index (χ0) is 12.5. The van der Waals surface area contributed by atoms with Crippen LogP contribution in [0.3, 0.4) is 0 Å². The van der Waals surface area contributed by atoms with Gasteiger partial charge in [-0.2, -0.15) is 0 Å². The Bertz CT molecular complexity index is 367. The zero-order valence-corrected chi connectivity index (χ0v) is 10.0. The van der Waals surface area contributed by atoms with Gasteiger partial charge in [0.05, 0.1) is 6.61 Å². The molecule has 1 rings (SSSR count). The average molecular weight is 237 g/mol. The van der Waals surface area contributed by atoms with Gasteiger partial charge in [-0.1, -0.05) is 29.4 Å². The number of nitrogens with zero attached hydrogens (tertiary/aromatic N) is 1. The predicted octanol–water partition coefficient (Wildman–Crippen LogP) is 1.06. The second-order valence-corrected chi connectivity index (χ2v) is 3.72. The fourth-order valence-corrected chi connectivity index (χ4v) is 1.52. The Morgan fingerprint density at radius 2 is 2.12 bits per heavy atom. The number of ether oxygens (including phenoxy) is 1. The van der Waals surface area contributed by atoms with Gasteiger partial charge in [0.2, 0.25) is 0 Å². The third-order valence-corrected chi connectivity index (χ3v) is 2.42. The molecule has 0 heterocycles. The Morgan fingerprint density at radius 1 is 1.41 bits per heavy atom. The second kappa shape index (κ2) is 7.65. The van der Waals surface area contributed by atoms with E-state index in [0.29, 0.717) is 19.6 Å². The lowest BCUT2D eigenvalue weighted by atomic mass is 10.1.